The molecule has 0 radical (unpaired) electrons. The Morgan fingerprint density at radius 2 is 1.39 bits per heavy atom. The van der Waals surface area contributed by atoms with Crippen molar-refractivity contribution in [3.8, 4) is 0 Å². The molecule has 0 aliphatic carbocycles. The van der Waals surface area contributed by atoms with Gasteiger partial charge in [0.1, 0.15) is 6.61 Å². The Morgan fingerprint density at radius 3 is 1.89 bits per heavy atom. The second-order valence-corrected chi connectivity index (χ2v) is 4.06. The van der Waals surface area contributed by atoms with Crippen LogP contribution in [-0.2, 0) is 19.2 Å². The minimum absolute atomic E-state index is 0.0794. The minimum Gasteiger partial charge on any atom is -0.463 e. The summed E-state index contributed by atoms with van der Waals surface area (Å²) in [5.74, 6) is 4.08. The van der Waals surface area contributed by atoms with Crippen LogP contribution in [0.15, 0.2) is 0 Å². The summed E-state index contributed by atoms with van der Waals surface area (Å²) < 4.78 is 4.72. The summed E-state index contributed by atoms with van der Waals surface area (Å²) in [6.07, 6.45) is 6.35. The molecule has 0 aromatic carbocycles. The van der Waals surface area contributed by atoms with E-state index >= 15 is 0 Å². The average molecular weight is 261 g/mol. The number of hydrogen-bond acceptors (Lipinski definition) is 6. The highest BCUT2D eigenvalue weighted by Gasteiger charge is 2.02. The van der Waals surface area contributed by atoms with E-state index in [1.807, 2.05) is 0 Å². The van der Waals surface area contributed by atoms with Gasteiger partial charge in [-0.15, -0.1) is 0 Å². The van der Waals surface area contributed by atoms with Crippen molar-refractivity contribution < 1.29 is 24.3 Å². The Balaban J connectivity index is 3.16. The zero-order valence-corrected chi connectivity index (χ0v) is 10.7. The Kier molecular flexibility index (Phi) is 11.5. The van der Waals surface area contributed by atoms with Crippen molar-refractivity contribution in [3.63, 3.8) is 0 Å². The Morgan fingerprint density at radius 1 is 0.889 bits per heavy atom. The molecule has 0 unspecified atom stereocenters. The fraction of sp³-hybridized carbons (Fsp3) is 0.833. The molecule has 18 heavy (non-hydrogen) atoms. The van der Waals surface area contributed by atoms with Gasteiger partial charge in [0, 0.05) is 12.8 Å². The maximum atomic E-state index is 11.0. The number of nitrogens with two attached hydrogens (primary N) is 1. The molecule has 0 heterocycles. The lowest BCUT2D eigenvalue weighted by molar-refractivity contribution is -0.145. The molecule has 0 saturated carbocycles. The Labute approximate surface area is 107 Å². The normalized spacial score (nSPS) is 10.1. The molecule has 0 amide bonds. The molecule has 106 valence electrons. The zero-order valence-electron chi connectivity index (χ0n) is 10.7. The number of unbranched alkanes of at least 4 members (excludes halogenated alkanes) is 5. The highest BCUT2D eigenvalue weighted by molar-refractivity contribution is 5.69. The molecule has 0 spiro atoms. The molecule has 6 nitrogen and oxygen atoms in total. The molecule has 0 aromatic rings. The van der Waals surface area contributed by atoms with Gasteiger partial charge in [-0.1, -0.05) is 25.7 Å². The van der Waals surface area contributed by atoms with E-state index in [1.165, 1.54) is 0 Å². The number of ether oxygens (including phenoxy) is 1. The first-order valence-electron chi connectivity index (χ1n) is 6.36. The van der Waals surface area contributed by atoms with Gasteiger partial charge in [0.05, 0.1) is 6.61 Å². The van der Waals surface area contributed by atoms with Gasteiger partial charge in [-0.3, -0.25) is 9.59 Å². The van der Waals surface area contributed by atoms with Crippen LogP contribution < -0.4 is 5.90 Å². The van der Waals surface area contributed by atoms with Gasteiger partial charge < -0.3 is 14.7 Å². The highest BCUT2D eigenvalue weighted by Crippen LogP contribution is 2.09. The number of rotatable bonds is 11. The van der Waals surface area contributed by atoms with E-state index in [9.17, 15) is 9.59 Å². The van der Waals surface area contributed by atoms with Crippen LogP contribution in [0.4, 0.5) is 0 Å². The average Bonchev–Trinajstić information content (AvgIpc) is 2.38. The third kappa shape index (κ3) is 11.3. The van der Waals surface area contributed by atoms with Gasteiger partial charge in [-0.2, -0.15) is 5.90 Å². The first-order chi connectivity index (χ1) is 8.70. The molecule has 0 aliphatic rings. The SMILES string of the molecule is NOC(=O)CCCCCCCCC(=O)OCCO. The molecule has 6 heteroatoms. The summed E-state index contributed by atoms with van der Waals surface area (Å²) in [5, 5.41) is 8.45. The van der Waals surface area contributed by atoms with E-state index < -0.39 is 0 Å². The first-order valence-corrected chi connectivity index (χ1v) is 6.36. The van der Waals surface area contributed by atoms with E-state index in [4.69, 9.17) is 15.7 Å². The third-order valence-corrected chi connectivity index (χ3v) is 2.50. The van der Waals surface area contributed by atoms with Crippen molar-refractivity contribution in [2.24, 2.45) is 5.90 Å². The summed E-state index contributed by atoms with van der Waals surface area (Å²) in [7, 11) is 0. The molecule has 0 bridgehead atoms. The van der Waals surface area contributed by atoms with Gasteiger partial charge >= 0.3 is 11.9 Å². The molecular weight excluding hydrogens is 238 g/mol. The summed E-state index contributed by atoms with van der Waals surface area (Å²) in [6.45, 7) is -0.0486. The molecule has 0 aromatic heterocycles. The number of carbonyl (C=O) groups is 2. The van der Waals surface area contributed by atoms with Crippen LogP contribution in [0.3, 0.4) is 0 Å². The predicted octanol–water partition coefficient (Wildman–Crippen LogP) is 1.06. The number of esters is 1. The van der Waals surface area contributed by atoms with Crippen molar-refractivity contribution in [2.75, 3.05) is 13.2 Å². The molecule has 0 atom stereocenters. The summed E-state index contributed by atoms with van der Waals surface area (Å²) in [6, 6.07) is 0. The minimum atomic E-state index is -0.373. The number of aliphatic hydroxyl groups excluding tert-OH is 1. The third-order valence-electron chi connectivity index (χ3n) is 2.50. The van der Waals surface area contributed by atoms with Gasteiger partial charge in [0.25, 0.3) is 0 Å². The van der Waals surface area contributed by atoms with Crippen LogP contribution in [0.2, 0.25) is 0 Å². The van der Waals surface area contributed by atoms with Gasteiger partial charge in [-0.25, -0.2) is 0 Å². The maximum absolute atomic E-state index is 11.0. The smallest absolute Gasteiger partial charge is 0.324 e. The predicted molar refractivity (Wildman–Crippen MR) is 65.3 cm³/mol. The molecule has 3 N–H and O–H groups in total. The lowest BCUT2D eigenvalue weighted by Gasteiger charge is -2.03. The quantitative estimate of drug-likeness (QED) is 0.328. The van der Waals surface area contributed by atoms with Crippen molar-refractivity contribution in [1.82, 2.24) is 0 Å². The monoisotopic (exact) mass is 261 g/mol. The van der Waals surface area contributed by atoms with Crippen molar-refractivity contribution in [2.45, 2.75) is 51.4 Å². The van der Waals surface area contributed by atoms with Crippen LogP contribution in [0.25, 0.3) is 0 Å². The molecule has 0 rings (SSSR count). The molecular formula is C12H23NO5. The van der Waals surface area contributed by atoms with Crippen molar-refractivity contribution in [1.29, 1.82) is 0 Å². The zero-order chi connectivity index (χ0) is 13.6. The van der Waals surface area contributed by atoms with Crippen LogP contribution in [0, 0.1) is 0 Å². The highest BCUT2D eigenvalue weighted by atomic mass is 16.7. The number of aliphatic hydroxyl groups is 1. The Bertz CT molecular complexity index is 233. The lowest BCUT2D eigenvalue weighted by Crippen LogP contribution is -2.09. The molecule has 0 aliphatic heterocycles. The van der Waals surface area contributed by atoms with Gasteiger partial charge in [0.15, 0.2) is 0 Å². The summed E-state index contributed by atoms with van der Waals surface area (Å²) in [4.78, 5) is 25.8. The second kappa shape index (κ2) is 12.3. The van der Waals surface area contributed by atoms with Crippen LogP contribution in [0.1, 0.15) is 51.4 Å². The van der Waals surface area contributed by atoms with Gasteiger partial charge in [-0.05, 0) is 12.8 Å². The van der Waals surface area contributed by atoms with Crippen molar-refractivity contribution >= 4 is 11.9 Å². The standard InChI is InChI=1S/C12H23NO5/c13-18-12(16)8-6-4-2-1-3-5-7-11(15)17-10-9-14/h14H,1-10,13H2. The summed E-state index contributed by atoms with van der Waals surface area (Å²) >= 11 is 0. The lowest BCUT2D eigenvalue weighted by atomic mass is 10.1. The number of carbonyl (C=O) groups excluding carboxylic acids is 2. The van der Waals surface area contributed by atoms with E-state index in [2.05, 4.69) is 4.84 Å². The summed E-state index contributed by atoms with van der Waals surface area (Å²) in [5.41, 5.74) is 0. The Hall–Kier alpha value is -1.14. The second-order valence-electron chi connectivity index (χ2n) is 4.06. The molecule has 0 saturated heterocycles. The number of hydrogen-bond donors (Lipinski definition) is 2. The van der Waals surface area contributed by atoms with E-state index in [0.29, 0.717) is 12.8 Å². The first kappa shape index (κ1) is 16.9. The maximum Gasteiger partial charge on any atom is 0.324 e. The molecule has 0 fully saturated rings. The van der Waals surface area contributed by atoms with Crippen LogP contribution in [0.5, 0.6) is 0 Å². The fourth-order valence-corrected chi connectivity index (χ4v) is 1.54. The topological polar surface area (TPSA) is 98.9 Å². The van der Waals surface area contributed by atoms with Gasteiger partial charge in [0.2, 0.25) is 0 Å². The van der Waals surface area contributed by atoms with Crippen LogP contribution >= 0.6 is 0 Å². The fourth-order valence-electron chi connectivity index (χ4n) is 1.54. The van der Waals surface area contributed by atoms with E-state index in [1.54, 1.807) is 0 Å². The van der Waals surface area contributed by atoms with Crippen molar-refractivity contribution in [3.05, 3.63) is 0 Å². The largest absolute Gasteiger partial charge is 0.463 e. The van der Waals surface area contributed by atoms with Crippen LogP contribution in [-0.4, -0.2) is 30.3 Å². The van der Waals surface area contributed by atoms with E-state index in [0.717, 1.165) is 38.5 Å². The van der Waals surface area contributed by atoms with E-state index in [-0.39, 0.29) is 25.2 Å².